The van der Waals surface area contributed by atoms with Crippen molar-refractivity contribution in [1.29, 1.82) is 0 Å². The summed E-state index contributed by atoms with van der Waals surface area (Å²) in [6, 6.07) is 8.17. The van der Waals surface area contributed by atoms with Crippen LogP contribution in [0.2, 0.25) is 0 Å². The van der Waals surface area contributed by atoms with E-state index in [1.54, 1.807) is 31.9 Å². The van der Waals surface area contributed by atoms with Crippen LogP contribution in [0.1, 0.15) is 50.4 Å². The molecule has 4 aliphatic rings. The van der Waals surface area contributed by atoms with Crippen LogP contribution in [0.5, 0.6) is 5.75 Å². The van der Waals surface area contributed by atoms with Crippen LogP contribution in [0.4, 0.5) is 5.82 Å². The number of hydrogen-bond donors (Lipinski definition) is 2. The lowest BCUT2D eigenvalue weighted by molar-refractivity contribution is -0.145. The molecule has 3 aliphatic heterocycles. The summed E-state index contributed by atoms with van der Waals surface area (Å²) in [5.74, 6) is -1.10. The first-order valence-corrected chi connectivity index (χ1v) is 13.6. The Bertz CT molecular complexity index is 1320. The standard InChI is InChI=1S/C29H34N4O6/c1-17-15-21(32-38-17)31-25(34)22-23-27(36)33(16-18-9-11-20(37-3)12-10-18)24(29(23)14-13-28(22,2)39-29)26(35)30-19-7-5-4-6-8-19/h9-15,19,22-24H,4-8,16H2,1-3H3,(H,30,35)(H,31,32,34). The van der Waals surface area contributed by atoms with Crippen molar-refractivity contribution in [3.05, 3.63) is 53.8 Å². The van der Waals surface area contributed by atoms with Crippen LogP contribution in [-0.4, -0.2) is 58.2 Å². The van der Waals surface area contributed by atoms with Crippen molar-refractivity contribution >= 4 is 23.5 Å². The van der Waals surface area contributed by atoms with Crippen LogP contribution in [-0.2, 0) is 25.7 Å². The van der Waals surface area contributed by atoms with Crippen molar-refractivity contribution < 1.29 is 28.4 Å². The highest BCUT2D eigenvalue weighted by Gasteiger charge is 2.76. The second kappa shape index (κ2) is 9.51. The molecular formula is C29H34N4O6. The highest BCUT2D eigenvalue weighted by atomic mass is 16.5. The smallest absolute Gasteiger partial charge is 0.246 e. The van der Waals surface area contributed by atoms with E-state index < -0.39 is 35.0 Å². The molecule has 1 spiro atoms. The normalized spacial score (nSPS) is 31.4. The number of methoxy groups -OCH3 is 1. The Balaban J connectivity index is 1.35. The molecule has 5 unspecified atom stereocenters. The van der Waals surface area contributed by atoms with Crippen LogP contribution in [0.15, 0.2) is 47.0 Å². The van der Waals surface area contributed by atoms with E-state index in [4.69, 9.17) is 14.0 Å². The first kappa shape index (κ1) is 25.6. The lowest BCUT2D eigenvalue weighted by Crippen LogP contribution is -2.56. The molecule has 3 amide bonds. The maximum Gasteiger partial charge on any atom is 0.246 e. The van der Waals surface area contributed by atoms with Crippen LogP contribution in [0.3, 0.4) is 0 Å². The van der Waals surface area contributed by atoms with Gasteiger partial charge in [-0.05, 0) is 44.4 Å². The van der Waals surface area contributed by atoms with Gasteiger partial charge in [-0.1, -0.05) is 48.7 Å². The molecule has 5 atom stereocenters. The van der Waals surface area contributed by atoms with E-state index in [9.17, 15) is 14.4 Å². The second-order valence-electron chi connectivity index (χ2n) is 11.3. The van der Waals surface area contributed by atoms with E-state index in [0.717, 1.165) is 37.7 Å². The molecule has 2 saturated heterocycles. The number of ether oxygens (including phenoxy) is 2. The highest BCUT2D eigenvalue weighted by Crippen LogP contribution is 2.60. The van der Waals surface area contributed by atoms with Crippen LogP contribution >= 0.6 is 0 Å². The Kier molecular flexibility index (Phi) is 6.25. The van der Waals surface area contributed by atoms with Gasteiger partial charge in [-0.25, -0.2) is 0 Å². The van der Waals surface area contributed by atoms with E-state index in [2.05, 4.69) is 15.8 Å². The molecule has 10 heteroatoms. The van der Waals surface area contributed by atoms with Gasteiger partial charge < -0.3 is 29.5 Å². The number of carbonyl (C=O) groups is 3. The maximum absolute atomic E-state index is 14.2. The van der Waals surface area contributed by atoms with E-state index in [0.29, 0.717) is 11.5 Å². The number of anilines is 1. The minimum atomic E-state index is -1.25. The molecule has 206 valence electrons. The average Bonchev–Trinajstić information content (AvgIpc) is 3.62. The Morgan fingerprint density at radius 2 is 1.87 bits per heavy atom. The number of aromatic nitrogens is 1. The number of amides is 3. The molecule has 2 aromatic rings. The summed E-state index contributed by atoms with van der Waals surface area (Å²) in [5, 5.41) is 9.88. The summed E-state index contributed by atoms with van der Waals surface area (Å²) in [6.07, 6.45) is 8.78. The average molecular weight is 535 g/mol. The van der Waals surface area contributed by atoms with Gasteiger partial charge in [0.15, 0.2) is 5.82 Å². The topological polar surface area (TPSA) is 123 Å². The number of rotatable bonds is 7. The Morgan fingerprint density at radius 3 is 2.54 bits per heavy atom. The van der Waals surface area contributed by atoms with Gasteiger partial charge in [-0.15, -0.1) is 0 Å². The molecule has 1 saturated carbocycles. The lowest BCUT2D eigenvalue weighted by Gasteiger charge is -2.34. The quantitative estimate of drug-likeness (QED) is 0.523. The zero-order valence-electron chi connectivity index (χ0n) is 22.4. The van der Waals surface area contributed by atoms with Gasteiger partial charge in [0.25, 0.3) is 0 Å². The third-order valence-corrected chi connectivity index (χ3v) is 8.67. The number of fused-ring (bicyclic) bond motifs is 1. The summed E-state index contributed by atoms with van der Waals surface area (Å²) >= 11 is 0. The van der Waals surface area contributed by atoms with Crippen molar-refractivity contribution in [2.45, 2.75) is 75.8 Å². The first-order valence-electron chi connectivity index (χ1n) is 13.6. The zero-order valence-corrected chi connectivity index (χ0v) is 22.4. The van der Waals surface area contributed by atoms with Crippen LogP contribution in [0, 0.1) is 18.8 Å². The van der Waals surface area contributed by atoms with Crippen molar-refractivity contribution in [2.24, 2.45) is 11.8 Å². The minimum Gasteiger partial charge on any atom is -0.497 e. The molecule has 10 nitrogen and oxygen atoms in total. The molecule has 2 bridgehead atoms. The van der Waals surface area contributed by atoms with Gasteiger partial charge in [-0.2, -0.15) is 0 Å². The first-order chi connectivity index (χ1) is 18.7. The molecule has 4 heterocycles. The molecule has 2 N–H and O–H groups in total. The fourth-order valence-electron chi connectivity index (χ4n) is 6.88. The van der Waals surface area contributed by atoms with Gasteiger partial charge in [0.2, 0.25) is 17.7 Å². The molecule has 39 heavy (non-hydrogen) atoms. The predicted octanol–water partition coefficient (Wildman–Crippen LogP) is 3.12. The number of likely N-dealkylation sites (tertiary alicyclic amines) is 1. The van der Waals surface area contributed by atoms with E-state index >= 15 is 0 Å². The SMILES string of the molecule is COc1ccc(CN2C(=O)C3C(C(=O)Nc4cc(C)on4)C4(C)C=CC3(O4)C2C(=O)NC2CCCCC2)cc1. The second-order valence-corrected chi connectivity index (χ2v) is 11.3. The van der Waals surface area contributed by atoms with Gasteiger partial charge in [0.05, 0.1) is 24.5 Å². The summed E-state index contributed by atoms with van der Waals surface area (Å²) in [6.45, 7) is 3.73. The Hall–Kier alpha value is -3.66. The van der Waals surface area contributed by atoms with Gasteiger partial charge in [0.1, 0.15) is 23.2 Å². The Labute approximate surface area is 227 Å². The van der Waals surface area contributed by atoms with Crippen LogP contribution < -0.4 is 15.4 Å². The fourth-order valence-corrected chi connectivity index (χ4v) is 6.88. The number of nitrogens with zero attached hydrogens (tertiary/aromatic N) is 2. The fraction of sp³-hybridized carbons (Fsp3) is 0.517. The lowest BCUT2D eigenvalue weighted by atomic mass is 9.70. The summed E-state index contributed by atoms with van der Waals surface area (Å²) in [4.78, 5) is 43.4. The predicted molar refractivity (Wildman–Crippen MR) is 141 cm³/mol. The van der Waals surface area contributed by atoms with Crippen molar-refractivity contribution in [1.82, 2.24) is 15.4 Å². The van der Waals surface area contributed by atoms with Crippen molar-refractivity contribution in [2.75, 3.05) is 12.4 Å². The van der Waals surface area contributed by atoms with Crippen molar-refractivity contribution in [3.63, 3.8) is 0 Å². The largest absolute Gasteiger partial charge is 0.497 e. The molecule has 0 radical (unpaired) electrons. The third kappa shape index (κ3) is 4.21. The summed E-state index contributed by atoms with van der Waals surface area (Å²) in [5.41, 5.74) is -1.45. The van der Waals surface area contributed by atoms with Gasteiger partial charge in [0, 0.05) is 18.7 Å². The number of benzene rings is 1. The highest BCUT2D eigenvalue weighted by molar-refractivity contribution is 6.03. The number of aryl methyl sites for hydroxylation is 1. The number of carbonyl (C=O) groups excluding carboxylic acids is 3. The summed E-state index contributed by atoms with van der Waals surface area (Å²) in [7, 11) is 1.59. The monoisotopic (exact) mass is 534 g/mol. The third-order valence-electron chi connectivity index (χ3n) is 8.67. The molecular weight excluding hydrogens is 500 g/mol. The van der Waals surface area contributed by atoms with Crippen molar-refractivity contribution in [3.8, 4) is 5.75 Å². The molecule has 1 aromatic carbocycles. The van der Waals surface area contributed by atoms with Gasteiger partial charge in [-0.3, -0.25) is 14.4 Å². The number of hydrogen-bond acceptors (Lipinski definition) is 7. The zero-order chi connectivity index (χ0) is 27.4. The molecule has 1 aliphatic carbocycles. The van der Waals surface area contributed by atoms with E-state index in [1.807, 2.05) is 36.4 Å². The summed E-state index contributed by atoms with van der Waals surface area (Å²) < 4.78 is 17.0. The molecule has 6 rings (SSSR count). The Morgan fingerprint density at radius 1 is 1.13 bits per heavy atom. The molecule has 1 aromatic heterocycles. The van der Waals surface area contributed by atoms with Gasteiger partial charge >= 0.3 is 0 Å². The minimum absolute atomic E-state index is 0.0623. The maximum atomic E-state index is 14.2. The number of nitrogens with one attached hydrogen (secondary N) is 2. The molecule has 3 fully saturated rings. The van der Waals surface area contributed by atoms with E-state index in [-0.39, 0.29) is 30.2 Å². The van der Waals surface area contributed by atoms with E-state index in [1.165, 1.54) is 0 Å². The van der Waals surface area contributed by atoms with Crippen LogP contribution in [0.25, 0.3) is 0 Å².